The molecule has 10 heteroatoms. The average molecular weight is 386 g/mol. The minimum absolute atomic E-state index is 0.0634. The molecule has 138 valence electrons. The van der Waals surface area contributed by atoms with E-state index in [1.54, 1.807) is 0 Å². The van der Waals surface area contributed by atoms with Crippen LogP contribution < -0.4 is 0 Å². The first-order valence-corrected chi connectivity index (χ1v) is 8.40. The number of carboxylic acid groups (broad SMARTS) is 1. The fourth-order valence-electron chi connectivity index (χ4n) is 2.48. The summed E-state index contributed by atoms with van der Waals surface area (Å²) in [6.45, 7) is 0.205. The van der Waals surface area contributed by atoms with Gasteiger partial charge in [0.2, 0.25) is 0 Å². The van der Waals surface area contributed by atoms with Crippen molar-refractivity contribution >= 4 is 23.2 Å². The van der Waals surface area contributed by atoms with Crippen LogP contribution in [0, 0.1) is 0 Å². The van der Waals surface area contributed by atoms with Gasteiger partial charge < -0.3 is 14.7 Å². The Labute approximate surface area is 149 Å². The molecular formula is C16H13F3N2O4S. The number of thiazole rings is 1. The van der Waals surface area contributed by atoms with Gasteiger partial charge in [-0.25, -0.2) is 9.78 Å². The minimum Gasteiger partial charge on any atom is -0.479 e. The lowest BCUT2D eigenvalue weighted by molar-refractivity contribution is -0.154. The maximum atomic E-state index is 12.8. The van der Waals surface area contributed by atoms with Crippen LogP contribution in [0.3, 0.4) is 0 Å². The van der Waals surface area contributed by atoms with Crippen LogP contribution in [0.15, 0.2) is 29.6 Å². The van der Waals surface area contributed by atoms with Crippen LogP contribution >= 0.6 is 11.3 Å². The van der Waals surface area contributed by atoms with Gasteiger partial charge in [0, 0.05) is 17.5 Å². The molecule has 2 aromatic rings. The lowest BCUT2D eigenvalue weighted by atomic mass is 10.1. The van der Waals surface area contributed by atoms with Crippen LogP contribution in [0.5, 0.6) is 0 Å². The molecule has 1 aliphatic heterocycles. The van der Waals surface area contributed by atoms with E-state index in [1.807, 2.05) is 0 Å². The SMILES string of the molecule is O=C(O)C1CN(C(=O)c2csc(-c3cccc(C(F)(F)F)c3)n2)CCO1. The summed E-state index contributed by atoms with van der Waals surface area (Å²) in [5.74, 6) is -1.64. The van der Waals surface area contributed by atoms with Crippen molar-refractivity contribution < 1.29 is 32.6 Å². The number of hydrogen-bond acceptors (Lipinski definition) is 5. The number of hydrogen-bond donors (Lipinski definition) is 1. The maximum absolute atomic E-state index is 12.8. The van der Waals surface area contributed by atoms with E-state index < -0.39 is 29.7 Å². The summed E-state index contributed by atoms with van der Waals surface area (Å²) in [5, 5.41) is 10.7. The number of alkyl halides is 3. The van der Waals surface area contributed by atoms with Crippen LogP contribution in [-0.2, 0) is 15.7 Å². The quantitative estimate of drug-likeness (QED) is 0.878. The minimum atomic E-state index is -4.47. The normalized spacial score (nSPS) is 18.0. The molecule has 1 N–H and O–H groups in total. The second-order valence-corrected chi connectivity index (χ2v) is 6.42. The van der Waals surface area contributed by atoms with Gasteiger partial charge in [0.15, 0.2) is 6.10 Å². The number of aliphatic carboxylic acids is 1. The molecule has 1 atom stereocenters. The first-order chi connectivity index (χ1) is 12.3. The summed E-state index contributed by atoms with van der Waals surface area (Å²) in [4.78, 5) is 28.9. The summed E-state index contributed by atoms with van der Waals surface area (Å²) in [6.07, 6.45) is -5.57. The Morgan fingerprint density at radius 3 is 2.81 bits per heavy atom. The topological polar surface area (TPSA) is 79.7 Å². The summed E-state index contributed by atoms with van der Waals surface area (Å²) >= 11 is 1.05. The van der Waals surface area contributed by atoms with E-state index in [0.29, 0.717) is 0 Å². The monoisotopic (exact) mass is 386 g/mol. The van der Waals surface area contributed by atoms with Crippen LogP contribution in [0.1, 0.15) is 16.1 Å². The number of amides is 1. The van der Waals surface area contributed by atoms with E-state index >= 15 is 0 Å². The fourth-order valence-corrected chi connectivity index (χ4v) is 3.27. The first kappa shape index (κ1) is 18.3. The first-order valence-electron chi connectivity index (χ1n) is 7.52. The van der Waals surface area contributed by atoms with Crippen molar-refractivity contribution in [3.63, 3.8) is 0 Å². The summed E-state index contributed by atoms with van der Waals surface area (Å²) in [6, 6.07) is 4.70. The van der Waals surface area contributed by atoms with Crippen LogP contribution in [0.4, 0.5) is 13.2 Å². The van der Waals surface area contributed by atoms with Crippen molar-refractivity contribution in [2.45, 2.75) is 12.3 Å². The molecule has 0 spiro atoms. The van der Waals surface area contributed by atoms with Gasteiger partial charge in [0.05, 0.1) is 18.7 Å². The van der Waals surface area contributed by atoms with Gasteiger partial charge in [-0.05, 0) is 12.1 Å². The number of halogens is 3. The van der Waals surface area contributed by atoms with Gasteiger partial charge in [-0.1, -0.05) is 12.1 Å². The van der Waals surface area contributed by atoms with Crippen molar-refractivity contribution in [2.75, 3.05) is 19.7 Å². The zero-order chi connectivity index (χ0) is 18.9. The van der Waals surface area contributed by atoms with Crippen molar-refractivity contribution in [3.05, 3.63) is 40.9 Å². The lowest BCUT2D eigenvalue weighted by Gasteiger charge is -2.30. The summed E-state index contributed by atoms with van der Waals surface area (Å²) < 4.78 is 43.5. The Morgan fingerprint density at radius 1 is 1.35 bits per heavy atom. The Balaban J connectivity index is 1.80. The largest absolute Gasteiger partial charge is 0.479 e. The number of ether oxygens (including phenoxy) is 1. The van der Waals surface area contributed by atoms with Gasteiger partial charge >= 0.3 is 12.1 Å². The average Bonchev–Trinajstić information content (AvgIpc) is 3.10. The molecule has 0 radical (unpaired) electrons. The van der Waals surface area contributed by atoms with Gasteiger partial charge in [0.25, 0.3) is 5.91 Å². The molecule has 1 fully saturated rings. The molecule has 1 aromatic carbocycles. The van der Waals surface area contributed by atoms with Gasteiger partial charge in [-0.2, -0.15) is 13.2 Å². The van der Waals surface area contributed by atoms with Crippen molar-refractivity contribution in [1.29, 1.82) is 0 Å². The fraction of sp³-hybridized carbons (Fsp3) is 0.312. The second kappa shape index (κ2) is 7.04. The van der Waals surface area contributed by atoms with E-state index in [4.69, 9.17) is 9.84 Å². The van der Waals surface area contributed by atoms with Crippen LogP contribution in [-0.4, -0.2) is 52.7 Å². The Kier molecular flexibility index (Phi) is 4.97. The van der Waals surface area contributed by atoms with Crippen LogP contribution in [0.25, 0.3) is 10.6 Å². The summed E-state index contributed by atoms with van der Waals surface area (Å²) in [7, 11) is 0. The number of carboxylic acids is 1. The van der Waals surface area contributed by atoms with Crippen molar-refractivity contribution in [2.24, 2.45) is 0 Å². The van der Waals surface area contributed by atoms with Gasteiger partial charge in [0.1, 0.15) is 10.7 Å². The third-order valence-corrected chi connectivity index (χ3v) is 4.68. The number of rotatable bonds is 3. The zero-order valence-electron chi connectivity index (χ0n) is 13.2. The second-order valence-electron chi connectivity index (χ2n) is 5.57. The Hall–Kier alpha value is -2.46. The molecule has 1 aliphatic rings. The van der Waals surface area contributed by atoms with Gasteiger partial charge in [-0.3, -0.25) is 4.79 Å². The molecule has 2 heterocycles. The Morgan fingerprint density at radius 2 is 2.12 bits per heavy atom. The maximum Gasteiger partial charge on any atom is 0.416 e. The molecule has 3 rings (SSSR count). The molecule has 0 bridgehead atoms. The number of nitrogens with zero attached hydrogens (tertiary/aromatic N) is 2. The third kappa shape index (κ3) is 3.86. The molecule has 26 heavy (non-hydrogen) atoms. The molecule has 1 aromatic heterocycles. The van der Waals surface area contributed by atoms with Gasteiger partial charge in [-0.15, -0.1) is 11.3 Å². The highest BCUT2D eigenvalue weighted by molar-refractivity contribution is 7.13. The van der Waals surface area contributed by atoms with E-state index in [1.165, 1.54) is 22.4 Å². The highest BCUT2D eigenvalue weighted by atomic mass is 32.1. The highest BCUT2D eigenvalue weighted by Gasteiger charge is 2.32. The third-order valence-electron chi connectivity index (χ3n) is 3.79. The number of benzene rings is 1. The predicted octanol–water partition coefficient (Wildman–Crippen LogP) is 2.75. The molecule has 1 unspecified atom stereocenters. The smallest absolute Gasteiger partial charge is 0.416 e. The predicted molar refractivity (Wildman–Crippen MR) is 85.8 cm³/mol. The molecule has 1 amide bonds. The van der Waals surface area contributed by atoms with E-state index in [0.717, 1.165) is 23.5 Å². The summed E-state index contributed by atoms with van der Waals surface area (Å²) in [5.41, 5.74) is -0.474. The molecule has 1 saturated heterocycles. The number of aromatic nitrogens is 1. The lowest BCUT2D eigenvalue weighted by Crippen LogP contribution is -2.48. The number of carbonyl (C=O) groups is 2. The van der Waals surface area contributed by atoms with E-state index in [2.05, 4.69) is 4.98 Å². The number of morpholine rings is 1. The van der Waals surface area contributed by atoms with Crippen LogP contribution in [0.2, 0.25) is 0 Å². The van der Waals surface area contributed by atoms with E-state index in [9.17, 15) is 22.8 Å². The van der Waals surface area contributed by atoms with E-state index in [-0.39, 0.29) is 36.0 Å². The Bertz CT molecular complexity index is 837. The van der Waals surface area contributed by atoms with Crippen molar-refractivity contribution in [3.8, 4) is 10.6 Å². The highest BCUT2D eigenvalue weighted by Crippen LogP contribution is 2.33. The molecular weight excluding hydrogens is 373 g/mol. The molecule has 0 saturated carbocycles. The number of carbonyl (C=O) groups excluding carboxylic acids is 1. The molecule has 6 nitrogen and oxygen atoms in total. The molecule has 0 aliphatic carbocycles. The standard InChI is InChI=1S/C16H13F3N2O4S/c17-16(18,19)10-3-1-2-9(6-10)13-20-11(8-26-13)14(22)21-4-5-25-12(7-21)15(23)24/h1-3,6,8,12H,4-5,7H2,(H,23,24). The van der Waals surface area contributed by atoms with Crippen molar-refractivity contribution in [1.82, 2.24) is 9.88 Å². The zero-order valence-corrected chi connectivity index (χ0v) is 14.0.